The van der Waals surface area contributed by atoms with E-state index >= 15 is 0 Å². The Balaban J connectivity index is 1.74. The molecule has 0 radical (unpaired) electrons. The molecule has 2 N–H and O–H groups in total. The Morgan fingerprint density at radius 2 is 1.67 bits per heavy atom. The summed E-state index contributed by atoms with van der Waals surface area (Å²) in [7, 11) is 0. The number of halogens is 2. The number of ether oxygens (including phenoxy) is 1. The predicted molar refractivity (Wildman–Crippen MR) is 100 cm³/mol. The molecule has 0 aliphatic heterocycles. The van der Waals surface area contributed by atoms with Gasteiger partial charge in [0.2, 0.25) is 5.91 Å². The topological polar surface area (TPSA) is 67.4 Å². The summed E-state index contributed by atoms with van der Waals surface area (Å²) in [5, 5.41) is 5.27. The van der Waals surface area contributed by atoms with Crippen LogP contribution >= 0.6 is 31.9 Å². The van der Waals surface area contributed by atoms with Crippen LogP contribution in [0.2, 0.25) is 0 Å². The second kappa shape index (κ2) is 8.84. The van der Waals surface area contributed by atoms with Crippen LogP contribution in [-0.4, -0.2) is 25.0 Å². The second-order valence-corrected chi connectivity index (χ2v) is 6.86. The molecule has 2 aromatic carbocycles. The van der Waals surface area contributed by atoms with Crippen molar-refractivity contribution < 1.29 is 14.3 Å². The van der Waals surface area contributed by atoms with Gasteiger partial charge in [0.15, 0.2) is 6.61 Å². The van der Waals surface area contributed by atoms with Gasteiger partial charge in [0.05, 0.1) is 6.54 Å². The van der Waals surface area contributed by atoms with Crippen LogP contribution in [0.25, 0.3) is 0 Å². The van der Waals surface area contributed by atoms with Crippen molar-refractivity contribution in [1.82, 2.24) is 5.32 Å². The number of carbonyl (C=O) groups excluding carboxylic acids is 2. The zero-order chi connectivity index (χ0) is 17.5. The summed E-state index contributed by atoms with van der Waals surface area (Å²) < 4.78 is 7.21. The monoisotopic (exact) mass is 454 g/mol. The lowest BCUT2D eigenvalue weighted by Crippen LogP contribution is -2.35. The smallest absolute Gasteiger partial charge is 0.258 e. The molecular formula is C17H16Br2N2O3. The quantitative estimate of drug-likeness (QED) is 0.698. The minimum Gasteiger partial charge on any atom is -0.484 e. The van der Waals surface area contributed by atoms with Crippen LogP contribution in [0.3, 0.4) is 0 Å². The SMILES string of the molecule is Cc1cc(Br)ccc1NC(=O)CNC(=O)COc1ccc(Br)cc1. The summed E-state index contributed by atoms with van der Waals surface area (Å²) in [4.78, 5) is 23.6. The zero-order valence-corrected chi connectivity index (χ0v) is 16.1. The van der Waals surface area contributed by atoms with Gasteiger partial charge in [0.1, 0.15) is 5.75 Å². The highest BCUT2D eigenvalue weighted by Crippen LogP contribution is 2.19. The van der Waals surface area contributed by atoms with E-state index in [1.165, 1.54) is 0 Å². The lowest BCUT2D eigenvalue weighted by molar-refractivity contribution is -0.125. The van der Waals surface area contributed by atoms with Crippen molar-refractivity contribution in [1.29, 1.82) is 0 Å². The predicted octanol–water partition coefficient (Wildman–Crippen LogP) is 3.65. The molecule has 0 aliphatic rings. The third kappa shape index (κ3) is 5.98. The van der Waals surface area contributed by atoms with Crippen molar-refractivity contribution in [2.24, 2.45) is 0 Å². The number of hydrogen-bond acceptors (Lipinski definition) is 3. The van der Waals surface area contributed by atoms with Crippen molar-refractivity contribution in [3.05, 3.63) is 57.0 Å². The normalized spacial score (nSPS) is 10.1. The number of carbonyl (C=O) groups is 2. The van der Waals surface area contributed by atoms with E-state index in [2.05, 4.69) is 42.5 Å². The minimum atomic E-state index is -0.361. The Morgan fingerprint density at radius 3 is 2.33 bits per heavy atom. The molecule has 0 fully saturated rings. The van der Waals surface area contributed by atoms with E-state index in [-0.39, 0.29) is 25.0 Å². The maximum Gasteiger partial charge on any atom is 0.258 e. The van der Waals surface area contributed by atoms with Crippen LogP contribution in [0.5, 0.6) is 5.75 Å². The number of nitrogens with one attached hydrogen (secondary N) is 2. The molecule has 0 heterocycles. The molecule has 126 valence electrons. The second-order valence-electron chi connectivity index (χ2n) is 5.03. The molecule has 2 aromatic rings. The van der Waals surface area contributed by atoms with Crippen molar-refractivity contribution >= 4 is 49.4 Å². The van der Waals surface area contributed by atoms with Gasteiger partial charge in [-0.25, -0.2) is 0 Å². The standard InChI is InChI=1S/C17H16Br2N2O3/c1-11-8-13(19)4-7-15(11)21-16(22)9-20-17(23)10-24-14-5-2-12(18)3-6-14/h2-8H,9-10H2,1H3,(H,20,23)(H,21,22). The number of aryl methyl sites for hydroxylation is 1. The van der Waals surface area contributed by atoms with Gasteiger partial charge in [0, 0.05) is 14.6 Å². The third-order valence-electron chi connectivity index (χ3n) is 3.09. The molecule has 2 rings (SSSR count). The molecule has 0 unspecified atom stereocenters. The fourth-order valence-corrected chi connectivity index (χ4v) is 2.61. The van der Waals surface area contributed by atoms with Crippen molar-refractivity contribution in [3.63, 3.8) is 0 Å². The first-order chi connectivity index (χ1) is 11.4. The van der Waals surface area contributed by atoms with E-state index in [9.17, 15) is 9.59 Å². The van der Waals surface area contributed by atoms with Crippen molar-refractivity contribution in [2.75, 3.05) is 18.5 Å². The van der Waals surface area contributed by atoms with Gasteiger partial charge in [0.25, 0.3) is 5.91 Å². The van der Waals surface area contributed by atoms with Crippen LogP contribution < -0.4 is 15.4 Å². The zero-order valence-electron chi connectivity index (χ0n) is 12.9. The molecule has 0 aromatic heterocycles. The Labute approximate surface area is 157 Å². The molecule has 0 saturated heterocycles. The third-order valence-corrected chi connectivity index (χ3v) is 4.11. The van der Waals surface area contributed by atoms with Crippen LogP contribution in [0, 0.1) is 6.92 Å². The summed E-state index contributed by atoms with van der Waals surface area (Å²) in [5.41, 5.74) is 1.64. The van der Waals surface area contributed by atoms with Crippen LogP contribution in [0.15, 0.2) is 51.4 Å². The molecular weight excluding hydrogens is 440 g/mol. The summed E-state index contributed by atoms with van der Waals surface area (Å²) >= 11 is 6.69. The number of hydrogen-bond donors (Lipinski definition) is 2. The first-order valence-electron chi connectivity index (χ1n) is 7.15. The lowest BCUT2D eigenvalue weighted by atomic mass is 10.2. The van der Waals surface area contributed by atoms with Gasteiger partial charge in [-0.15, -0.1) is 0 Å². The molecule has 5 nitrogen and oxygen atoms in total. The Morgan fingerprint density at radius 1 is 1.00 bits per heavy atom. The summed E-state index contributed by atoms with van der Waals surface area (Å²) in [6.45, 7) is 1.63. The van der Waals surface area contributed by atoms with Gasteiger partial charge >= 0.3 is 0 Å². The Hall–Kier alpha value is -1.86. The van der Waals surface area contributed by atoms with E-state index in [0.717, 1.165) is 14.5 Å². The summed E-state index contributed by atoms with van der Waals surface area (Å²) in [6.07, 6.45) is 0. The minimum absolute atomic E-state index is 0.113. The van der Waals surface area contributed by atoms with E-state index < -0.39 is 0 Å². The largest absolute Gasteiger partial charge is 0.484 e. The van der Waals surface area contributed by atoms with Gasteiger partial charge in [-0.2, -0.15) is 0 Å². The highest BCUT2D eigenvalue weighted by molar-refractivity contribution is 9.10. The molecule has 2 amide bonds. The van der Waals surface area contributed by atoms with E-state index in [4.69, 9.17) is 4.74 Å². The maximum atomic E-state index is 11.9. The molecule has 0 bridgehead atoms. The summed E-state index contributed by atoms with van der Waals surface area (Å²) in [6, 6.07) is 12.7. The lowest BCUT2D eigenvalue weighted by Gasteiger charge is -2.10. The van der Waals surface area contributed by atoms with E-state index in [1.807, 2.05) is 31.2 Å². The number of amides is 2. The average molecular weight is 456 g/mol. The molecule has 7 heteroatoms. The van der Waals surface area contributed by atoms with Gasteiger partial charge < -0.3 is 15.4 Å². The first-order valence-corrected chi connectivity index (χ1v) is 8.74. The molecule has 0 aliphatic carbocycles. The average Bonchev–Trinajstić information content (AvgIpc) is 2.55. The maximum absolute atomic E-state index is 11.9. The van der Waals surface area contributed by atoms with Crippen molar-refractivity contribution in [2.45, 2.75) is 6.92 Å². The van der Waals surface area contributed by atoms with Crippen LogP contribution in [0.1, 0.15) is 5.56 Å². The molecule has 0 saturated carbocycles. The number of anilines is 1. The van der Waals surface area contributed by atoms with E-state index in [0.29, 0.717) is 11.4 Å². The first kappa shape index (κ1) is 18.5. The fourth-order valence-electron chi connectivity index (χ4n) is 1.87. The molecule has 0 atom stereocenters. The van der Waals surface area contributed by atoms with Gasteiger partial charge in [-0.05, 0) is 55.0 Å². The Bertz CT molecular complexity index is 733. The highest BCUT2D eigenvalue weighted by Gasteiger charge is 2.08. The number of benzene rings is 2. The van der Waals surface area contributed by atoms with Crippen LogP contribution in [0.4, 0.5) is 5.69 Å². The number of rotatable bonds is 6. The van der Waals surface area contributed by atoms with Gasteiger partial charge in [-0.1, -0.05) is 31.9 Å². The summed E-state index contributed by atoms with van der Waals surface area (Å²) in [5.74, 6) is -0.0682. The fraction of sp³-hybridized carbons (Fsp3) is 0.176. The van der Waals surface area contributed by atoms with E-state index in [1.54, 1.807) is 18.2 Å². The van der Waals surface area contributed by atoms with Crippen molar-refractivity contribution in [3.8, 4) is 5.75 Å². The molecule has 24 heavy (non-hydrogen) atoms. The highest BCUT2D eigenvalue weighted by atomic mass is 79.9. The Kier molecular flexibility index (Phi) is 6.81. The van der Waals surface area contributed by atoms with Crippen LogP contribution in [-0.2, 0) is 9.59 Å². The van der Waals surface area contributed by atoms with Gasteiger partial charge in [-0.3, -0.25) is 9.59 Å². The molecule has 0 spiro atoms.